The maximum absolute atomic E-state index is 12.7. The fourth-order valence-corrected chi connectivity index (χ4v) is 3.47. The summed E-state index contributed by atoms with van der Waals surface area (Å²) in [6.07, 6.45) is 1.09. The van der Waals surface area contributed by atoms with Gasteiger partial charge < -0.3 is 14.6 Å². The van der Waals surface area contributed by atoms with Crippen molar-refractivity contribution >= 4 is 51.4 Å². The fraction of sp³-hybridized carbons (Fsp3) is 0.318. The lowest BCUT2D eigenvalue weighted by Crippen LogP contribution is -2.45. The number of hydrogen-bond acceptors (Lipinski definition) is 4. The number of anilines is 1. The van der Waals surface area contributed by atoms with Crippen LogP contribution in [0.15, 0.2) is 36.5 Å². The first-order valence-electron chi connectivity index (χ1n) is 9.46. The highest BCUT2D eigenvalue weighted by Crippen LogP contribution is 2.29. The van der Waals surface area contributed by atoms with Gasteiger partial charge in [0.1, 0.15) is 11.2 Å². The Morgan fingerprint density at radius 3 is 2.30 bits per heavy atom. The summed E-state index contributed by atoms with van der Waals surface area (Å²) >= 11 is 2.31. The van der Waals surface area contributed by atoms with Gasteiger partial charge >= 0.3 is 12.1 Å². The minimum atomic E-state index is -0.714. The Kier molecular flexibility index (Phi) is 6.07. The predicted octanol–water partition coefficient (Wildman–Crippen LogP) is 5.57. The van der Waals surface area contributed by atoms with E-state index in [4.69, 9.17) is 4.74 Å². The van der Waals surface area contributed by atoms with Crippen molar-refractivity contribution in [3.63, 3.8) is 0 Å². The number of H-pyrrole nitrogens is 1. The number of imide groups is 1. The van der Waals surface area contributed by atoms with Crippen molar-refractivity contribution in [3.8, 4) is 11.1 Å². The van der Waals surface area contributed by atoms with Gasteiger partial charge in [-0.25, -0.2) is 14.6 Å². The number of carbonyl (C=O) groups excluding carboxylic acids is 2. The third kappa shape index (κ3) is 4.58. The molecule has 0 atom stereocenters. The molecule has 8 heteroatoms. The molecule has 0 radical (unpaired) electrons. The highest BCUT2D eigenvalue weighted by atomic mass is 127. The number of aromatic nitrogens is 2. The first-order valence-corrected chi connectivity index (χ1v) is 10.5. The molecule has 2 heterocycles. The molecule has 0 spiro atoms. The van der Waals surface area contributed by atoms with Crippen LogP contribution in [0.1, 0.15) is 26.5 Å². The first-order chi connectivity index (χ1) is 14.0. The van der Waals surface area contributed by atoms with Crippen molar-refractivity contribution < 1.29 is 14.3 Å². The van der Waals surface area contributed by atoms with Crippen LogP contribution in [0.25, 0.3) is 22.2 Å². The third-order valence-electron chi connectivity index (χ3n) is 4.37. The number of carbonyl (C=O) groups is 2. The number of amides is 3. The van der Waals surface area contributed by atoms with Crippen LogP contribution >= 0.6 is 22.6 Å². The number of benzene rings is 1. The standard InChI is InChI=1S/C22H25IN4O3/c1-13-18(23)17-11-15(12-24-19(17)25-13)14-7-9-16(10-8-14)27(20(28)26(5)6)21(29)30-22(2,3)4/h7-12H,1-6H3,(H,24,25). The number of ether oxygens (including phenoxy) is 1. The maximum Gasteiger partial charge on any atom is 0.423 e. The van der Waals surface area contributed by atoms with E-state index in [-0.39, 0.29) is 0 Å². The van der Waals surface area contributed by atoms with Crippen LogP contribution < -0.4 is 4.90 Å². The van der Waals surface area contributed by atoms with Crippen molar-refractivity contribution in [1.29, 1.82) is 0 Å². The number of aromatic amines is 1. The van der Waals surface area contributed by atoms with Crippen molar-refractivity contribution in [1.82, 2.24) is 14.9 Å². The number of urea groups is 1. The molecule has 2 aromatic heterocycles. The summed E-state index contributed by atoms with van der Waals surface area (Å²) in [5.41, 5.74) is 3.55. The van der Waals surface area contributed by atoms with Gasteiger partial charge in [-0.2, -0.15) is 4.90 Å². The fourth-order valence-electron chi connectivity index (χ4n) is 2.93. The summed E-state index contributed by atoms with van der Waals surface area (Å²) in [5.74, 6) is 0. The molecule has 3 amide bonds. The molecule has 30 heavy (non-hydrogen) atoms. The zero-order chi connectivity index (χ0) is 22.2. The van der Waals surface area contributed by atoms with Gasteiger partial charge in [0.15, 0.2) is 0 Å². The van der Waals surface area contributed by atoms with Crippen LogP contribution in [0.2, 0.25) is 0 Å². The summed E-state index contributed by atoms with van der Waals surface area (Å²) in [6, 6.07) is 8.81. The molecule has 1 N–H and O–H groups in total. The molecular formula is C22H25IN4O3. The van der Waals surface area contributed by atoms with Gasteiger partial charge in [0.05, 0.1) is 5.69 Å². The number of rotatable bonds is 2. The largest absolute Gasteiger partial charge is 0.443 e. The minimum absolute atomic E-state index is 0.438. The van der Waals surface area contributed by atoms with E-state index in [1.165, 1.54) is 4.90 Å². The van der Waals surface area contributed by atoms with E-state index in [0.29, 0.717) is 5.69 Å². The molecule has 0 fully saturated rings. The van der Waals surface area contributed by atoms with Gasteiger partial charge in [-0.05, 0) is 74.0 Å². The van der Waals surface area contributed by atoms with Crippen LogP contribution in [0, 0.1) is 10.5 Å². The molecule has 3 aromatic rings. The molecule has 0 bridgehead atoms. The zero-order valence-electron chi connectivity index (χ0n) is 17.9. The van der Waals surface area contributed by atoms with Gasteiger partial charge in [-0.1, -0.05) is 12.1 Å². The van der Waals surface area contributed by atoms with E-state index in [1.807, 2.05) is 19.1 Å². The molecule has 1 aromatic carbocycles. The van der Waals surface area contributed by atoms with Crippen molar-refractivity contribution in [2.75, 3.05) is 19.0 Å². The minimum Gasteiger partial charge on any atom is -0.443 e. The van der Waals surface area contributed by atoms with Crippen LogP contribution in [-0.4, -0.2) is 46.7 Å². The van der Waals surface area contributed by atoms with Gasteiger partial charge in [0.25, 0.3) is 0 Å². The van der Waals surface area contributed by atoms with Crippen LogP contribution in [0.5, 0.6) is 0 Å². The number of aryl methyl sites for hydroxylation is 1. The predicted molar refractivity (Wildman–Crippen MR) is 127 cm³/mol. The number of hydrogen-bond donors (Lipinski definition) is 1. The Bertz CT molecular complexity index is 1100. The normalized spacial score (nSPS) is 11.4. The zero-order valence-corrected chi connectivity index (χ0v) is 20.1. The number of nitrogens with one attached hydrogen (secondary N) is 1. The Hall–Kier alpha value is -2.62. The van der Waals surface area contributed by atoms with Gasteiger partial charge in [0, 0.05) is 40.5 Å². The molecule has 158 valence electrons. The summed E-state index contributed by atoms with van der Waals surface area (Å²) in [6.45, 7) is 7.31. The van der Waals surface area contributed by atoms with Gasteiger partial charge in [-0.15, -0.1) is 0 Å². The van der Waals surface area contributed by atoms with Crippen molar-refractivity contribution in [2.45, 2.75) is 33.3 Å². The van der Waals surface area contributed by atoms with Crippen LogP contribution in [0.4, 0.5) is 15.3 Å². The average molecular weight is 520 g/mol. The van der Waals surface area contributed by atoms with Gasteiger partial charge in [-0.3, -0.25) is 0 Å². The number of halogens is 1. The van der Waals surface area contributed by atoms with E-state index in [1.54, 1.807) is 53.2 Å². The first kappa shape index (κ1) is 22.1. The molecule has 0 unspecified atom stereocenters. The van der Waals surface area contributed by atoms with Crippen molar-refractivity contribution in [3.05, 3.63) is 45.8 Å². The Balaban J connectivity index is 1.96. The molecule has 0 aliphatic rings. The smallest absolute Gasteiger partial charge is 0.423 e. The number of pyridine rings is 1. The lowest BCUT2D eigenvalue weighted by atomic mass is 10.1. The van der Waals surface area contributed by atoms with Crippen LogP contribution in [-0.2, 0) is 4.74 Å². The van der Waals surface area contributed by atoms with Gasteiger partial charge in [0.2, 0.25) is 0 Å². The average Bonchev–Trinajstić information content (AvgIpc) is 2.94. The summed E-state index contributed by atoms with van der Waals surface area (Å²) in [7, 11) is 3.19. The summed E-state index contributed by atoms with van der Waals surface area (Å²) in [4.78, 5) is 35.5. The molecule has 0 saturated carbocycles. The monoisotopic (exact) mass is 520 g/mol. The number of nitrogens with zero attached hydrogens (tertiary/aromatic N) is 3. The Morgan fingerprint density at radius 2 is 1.73 bits per heavy atom. The second kappa shape index (κ2) is 8.25. The lowest BCUT2D eigenvalue weighted by molar-refractivity contribution is 0.0588. The van der Waals surface area contributed by atoms with E-state index >= 15 is 0 Å². The molecule has 0 aliphatic heterocycles. The maximum atomic E-state index is 12.7. The molecule has 0 saturated heterocycles. The topological polar surface area (TPSA) is 78.5 Å². The second-order valence-electron chi connectivity index (χ2n) is 8.22. The molecule has 7 nitrogen and oxygen atoms in total. The Labute approximate surface area is 189 Å². The molecule has 0 aliphatic carbocycles. The van der Waals surface area contributed by atoms with E-state index in [0.717, 1.165) is 36.3 Å². The Morgan fingerprint density at radius 1 is 1.10 bits per heavy atom. The van der Waals surface area contributed by atoms with Crippen molar-refractivity contribution in [2.24, 2.45) is 0 Å². The second-order valence-corrected chi connectivity index (χ2v) is 9.30. The van der Waals surface area contributed by atoms with Crippen LogP contribution in [0.3, 0.4) is 0 Å². The third-order valence-corrected chi connectivity index (χ3v) is 5.76. The highest BCUT2D eigenvalue weighted by Gasteiger charge is 2.30. The highest BCUT2D eigenvalue weighted by molar-refractivity contribution is 14.1. The summed E-state index contributed by atoms with van der Waals surface area (Å²) < 4.78 is 6.57. The van der Waals surface area contributed by atoms with E-state index < -0.39 is 17.7 Å². The summed E-state index contributed by atoms with van der Waals surface area (Å²) in [5, 5.41) is 1.06. The molecular weight excluding hydrogens is 495 g/mol. The lowest BCUT2D eigenvalue weighted by Gasteiger charge is -2.28. The SMILES string of the molecule is Cc1[nH]c2ncc(-c3ccc(N(C(=O)OC(C)(C)C)C(=O)N(C)C)cc3)cc2c1I. The molecule has 3 rings (SSSR count). The van der Waals surface area contributed by atoms with E-state index in [2.05, 4.69) is 38.6 Å². The quantitative estimate of drug-likeness (QED) is 0.449. The van der Waals surface area contributed by atoms with E-state index in [9.17, 15) is 9.59 Å². The number of fused-ring (bicyclic) bond motifs is 1.